The molecular weight excluding hydrogens is 544 g/mol. The minimum atomic E-state index is -1.17. The van der Waals surface area contributed by atoms with Crippen molar-refractivity contribution in [2.24, 2.45) is 0 Å². The second kappa shape index (κ2) is 15.8. The predicted octanol–water partition coefficient (Wildman–Crippen LogP) is 7.29. The maximum absolute atomic E-state index is 11.9. The summed E-state index contributed by atoms with van der Waals surface area (Å²) in [7, 11) is 0. The van der Waals surface area contributed by atoms with E-state index in [9.17, 15) is 14.7 Å². The molecule has 3 rings (SSSR count). The van der Waals surface area contributed by atoms with Crippen molar-refractivity contribution >= 4 is 23.6 Å². The Labute approximate surface area is 254 Å². The first-order valence-electron chi connectivity index (χ1n) is 14.5. The number of fused-ring (bicyclic) bond motifs is 1. The third-order valence-electron chi connectivity index (χ3n) is 6.84. The Kier molecular flexibility index (Phi) is 12.1. The maximum Gasteiger partial charge on any atom is 0.338 e. The molecule has 1 aliphatic heterocycles. The molecule has 0 aromatic heterocycles. The Bertz CT molecular complexity index is 1410. The molecule has 0 spiro atoms. The molecule has 0 aliphatic carbocycles. The Morgan fingerprint density at radius 1 is 0.814 bits per heavy atom. The number of allylic oxidation sites excluding steroid dienone is 1. The number of hydrogen-bond donors (Lipinski definition) is 1. The zero-order valence-electron chi connectivity index (χ0n) is 25.5. The summed E-state index contributed by atoms with van der Waals surface area (Å²) >= 11 is 0. The summed E-state index contributed by atoms with van der Waals surface area (Å²) < 4.78 is 22.3. The first-order valence-corrected chi connectivity index (χ1v) is 14.5. The number of aliphatic hydroxyl groups excluding tert-OH is 1. The van der Waals surface area contributed by atoms with Crippen LogP contribution in [0.1, 0.15) is 68.7 Å². The number of benzene rings is 2. The number of esters is 2. The highest BCUT2D eigenvalue weighted by Crippen LogP contribution is 2.38. The summed E-state index contributed by atoms with van der Waals surface area (Å²) in [6.07, 6.45) is 5.56. The lowest BCUT2D eigenvalue weighted by molar-refractivity contribution is -0.139. The van der Waals surface area contributed by atoms with E-state index in [4.69, 9.17) is 18.9 Å². The van der Waals surface area contributed by atoms with Gasteiger partial charge in [0.2, 0.25) is 6.29 Å². The monoisotopic (exact) mass is 586 g/mol. The molecule has 2 aromatic carbocycles. The van der Waals surface area contributed by atoms with Crippen LogP contribution in [0.2, 0.25) is 0 Å². The molecule has 1 unspecified atom stereocenters. The van der Waals surface area contributed by atoms with Crippen molar-refractivity contribution in [3.8, 4) is 11.5 Å². The van der Waals surface area contributed by atoms with Gasteiger partial charge >= 0.3 is 11.9 Å². The zero-order chi connectivity index (χ0) is 31.5. The molecule has 0 saturated heterocycles. The average molecular weight is 587 g/mol. The lowest BCUT2D eigenvalue weighted by atomic mass is 9.93. The molecule has 43 heavy (non-hydrogen) atoms. The molecule has 0 bridgehead atoms. The van der Waals surface area contributed by atoms with Gasteiger partial charge in [0.25, 0.3) is 0 Å². The van der Waals surface area contributed by atoms with Crippen molar-refractivity contribution in [2.45, 2.75) is 65.6 Å². The highest BCUT2D eigenvalue weighted by Gasteiger charge is 2.25. The molecule has 0 saturated carbocycles. The summed E-state index contributed by atoms with van der Waals surface area (Å²) in [6, 6.07) is 11.1. The van der Waals surface area contributed by atoms with E-state index in [2.05, 4.69) is 38.4 Å². The number of aryl methyl sites for hydroxylation is 2. The maximum atomic E-state index is 11.9. The van der Waals surface area contributed by atoms with Crippen molar-refractivity contribution in [1.82, 2.24) is 0 Å². The average Bonchev–Trinajstić information content (AvgIpc) is 2.96. The van der Waals surface area contributed by atoms with Crippen LogP contribution in [0.3, 0.4) is 0 Å². The molecule has 1 heterocycles. The van der Waals surface area contributed by atoms with Crippen LogP contribution in [0.25, 0.3) is 11.6 Å². The molecule has 228 valence electrons. The largest absolute Gasteiger partial charge is 0.494 e. The third-order valence-corrected chi connectivity index (χ3v) is 6.84. The quantitative estimate of drug-likeness (QED) is 0.0551. The van der Waals surface area contributed by atoms with E-state index in [1.54, 1.807) is 38.1 Å². The molecule has 1 atom stereocenters. The van der Waals surface area contributed by atoms with Crippen molar-refractivity contribution < 1.29 is 33.6 Å². The Hall–Kier alpha value is -4.36. The van der Waals surface area contributed by atoms with Crippen LogP contribution in [-0.4, -0.2) is 36.5 Å². The number of carbonyl (C=O) groups is 2. The summed E-state index contributed by atoms with van der Waals surface area (Å²) in [5, 5.41) is 11.0. The van der Waals surface area contributed by atoms with Gasteiger partial charge in [-0.15, -0.1) is 0 Å². The molecule has 1 aliphatic rings. The van der Waals surface area contributed by atoms with E-state index in [0.29, 0.717) is 60.0 Å². The first kappa shape index (κ1) is 33.1. The van der Waals surface area contributed by atoms with Gasteiger partial charge in [-0.1, -0.05) is 44.5 Å². The van der Waals surface area contributed by atoms with Gasteiger partial charge in [0, 0.05) is 22.3 Å². The van der Waals surface area contributed by atoms with E-state index in [1.165, 1.54) is 0 Å². The van der Waals surface area contributed by atoms with Crippen molar-refractivity contribution in [1.29, 1.82) is 0 Å². The fraction of sp³-hybridized carbons (Fsp3) is 0.333. The fourth-order valence-electron chi connectivity index (χ4n) is 4.37. The lowest BCUT2D eigenvalue weighted by Crippen LogP contribution is -2.22. The van der Waals surface area contributed by atoms with Crippen LogP contribution >= 0.6 is 0 Å². The van der Waals surface area contributed by atoms with E-state index in [-0.39, 0.29) is 5.97 Å². The van der Waals surface area contributed by atoms with Crippen LogP contribution in [-0.2, 0) is 31.9 Å². The van der Waals surface area contributed by atoms with Gasteiger partial charge in [0.05, 0.1) is 13.2 Å². The van der Waals surface area contributed by atoms with Crippen LogP contribution in [0, 0.1) is 0 Å². The molecule has 7 heteroatoms. The summed E-state index contributed by atoms with van der Waals surface area (Å²) in [6.45, 7) is 20.9. The van der Waals surface area contributed by atoms with Gasteiger partial charge in [-0.3, -0.25) is 0 Å². The van der Waals surface area contributed by atoms with E-state index < -0.39 is 12.3 Å². The van der Waals surface area contributed by atoms with Crippen LogP contribution in [0.15, 0.2) is 85.2 Å². The number of hydrogen-bond acceptors (Lipinski definition) is 7. The van der Waals surface area contributed by atoms with Gasteiger partial charge < -0.3 is 24.1 Å². The smallest absolute Gasteiger partial charge is 0.338 e. The Balaban J connectivity index is 1.78. The third kappa shape index (κ3) is 9.86. The van der Waals surface area contributed by atoms with Gasteiger partial charge in [0.15, 0.2) is 0 Å². The SMILES string of the molecule is C=C(C)C(=C)OCCCCc1cc2c(c(CCCCOC(=O)C(=C)C)c1)OC(O)C(c1ccc(OC(=O)C(=C)C)cc1)=C2. The van der Waals surface area contributed by atoms with E-state index in [1.807, 2.05) is 13.0 Å². The zero-order valence-corrected chi connectivity index (χ0v) is 25.5. The van der Waals surface area contributed by atoms with E-state index >= 15 is 0 Å². The predicted molar refractivity (Wildman–Crippen MR) is 169 cm³/mol. The molecule has 0 fully saturated rings. The molecule has 7 nitrogen and oxygen atoms in total. The standard InChI is InChI=1S/C36H42O7/c1-23(2)26(7)40-18-10-8-12-27-20-29(13-9-11-19-41-34(37)24(3)4)33-30(21-27)22-32(36(39)43-33)28-14-16-31(17-15-28)42-35(38)25(5)6/h14-17,20-22,36,39H,1,3,5,7-13,18-19H2,2,4,6H3. The van der Waals surface area contributed by atoms with Gasteiger partial charge in [-0.25, -0.2) is 9.59 Å². The van der Waals surface area contributed by atoms with E-state index in [0.717, 1.165) is 53.5 Å². The molecule has 0 amide bonds. The van der Waals surface area contributed by atoms with Gasteiger partial charge in [0.1, 0.15) is 17.3 Å². The summed E-state index contributed by atoms with van der Waals surface area (Å²) in [4.78, 5) is 23.5. The number of rotatable bonds is 16. The fourth-order valence-corrected chi connectivity index (χ4v) is 4.37. The number of aliphatic hydroxyl groups is 1. The topological polar surface area (TPSA) is 91.3 Å². The second-order valence-corrected chi connectivity index (χ2v) is 10.8. The Morgan fingerprint density at radius 2 is 1.44 bits per heavy atom. The summed E-state index contributed by atoms with van der Waals surface area (Å²) in [5.74, 6) is 0.760. The molecule has 1 N–H and O–H groups in total. The normalized spacial score (nSPS) is 13.6. The van der Waals surface area contributed by atoms with Crippen molar-refractivity contribution in [2.75, 3.05) is 13.2 Å². The molecule has 2 aromatic rings. The highest BCUT2D eigenvalue weighted by atomic mass is 16.6. The first-order chi connectivity index (χ1) is 20.5. The lowest BCUT2D eigenvalue weighted by Gasteiger charge is -2.26. The van der Waals surface area contributed by atoms with Crippen LogP contribution < -0.4 is 9.47 Å². The Morgan fingerprint density at radius 3 is 2.07 bits per heavy atom. The minimum absolute atomic E-state index is 0.309. The van der Waals surface area contributed by atoms with Crippen LogP contribution in [0.4, 0.5) is 0 Å². The van der Waals surface area contributed by atoms with Crippen molar-refractivity contribution in [3.05, 3.63) is 107 Å². The highest BCUT2D eigenvalue weighted by molar-refractivity contribution is 5.89. The van der Waals surface area contributed by atoms with Crippen molar-refractivity contribution in [3.63, 3.8) is 0 Å². The second-order valence-electron chi connectivity index (χ2n) is 10.8. The number of ether oxygens (including phenoxy) is 4. The minimum Gasteiger partial charge on any atom is -0.494 e. The van der Waals surface area contributed by atoms with Gasteiger partial charge in [-0.05, 0) is 106 Å². The van der Waals surface area contributed by atoms with Gasteiger partial charge in [-0.2, -0.15) is 0 Å². The molecule has 0 radical (unpaired) electrons. The molecular formula is C36H42O7. The van der Waals surface area contributed by atoms with Crippen LogP contribution in [0.5, 0.6) is 11.5 Å². The summed E-state index contributed by atoms with van der Waals surface area (Å²) in [5.41, 5.74) is 5.88. The number of carbonyl (C=O) groups excluding carboxylic acids is 2. The number of unbranched alkanes of at least 4 members (excludes halogenated alkanes) is 2.